The molecule has 114 valence electrons. The van der Waals surface area contributed by atoms with Crippen LogP contribution in [0.1, 0.15) is 32.3 Å². The molecule has 3 heteroatoms. The first-order valence-electron chi connectivity index (χ1n) is 7.30. The molecule has 1 atom stereocenters. The van der Waals surface area contributed by atoms with E-state index in [0.717, 1.165) is 0 Å². The number of aliphatic hydroxyl groups is 1. The number of rotatable bonds is 6. The average Bonchev–Trinajstić information content (AvgIpc) is 2.46. The molecule has 1 aromatic carbocycles. The second-order valence-corrected chi connectivity index (χ2v) is 5.80. The van der Waals surface area contributed by atoms with Crippen LogP contribution in [0, 0.1) is 17.8 Å². The Labute approximate surface area is 128 Å². The second-order valence-electron chi connectivity index (χ2n) is 5.80. The van der Waals surface area contributed by atoms with Crippen molar-refractivity contribution in [3.05, 3.63) is 35.9 Å². The number of nitrogens with zero attached hydrogens (tertiary/aromatic N) is 1. The summed E-state index contributed by atoms with van der Waals surface area (Å²) in [5.41, 5.74) is -0.768. The molecule has 0 bridgehead atoms. The Bertz CT molecular complexity index is 511. The molecule has 0 aliphatic carbocycles. The predicted molar refractivity (Wildman–Crippen MR) is 85.7 cm³/mol. The van der Waals surface area contributed by atoms with E-state index in [-0.39, 0.29) is 18.1 Å². The molecular weight excluding hydrogens is 262 g/mol. The zero-order chi connectivity index (χ0) is 15.9. The first-order chi connectivity index (χ1) is 9.89. The van der Waals surface area contributed by atoms with Crippen LogP contribution < -0.4 is 0 Å². The lowest BCUT2D eigenvalue weighted by atomic mass is 9.78. The van der Waals surface area contributed by atoms with Crippen LogP contribution in [0.4, 0.5) is 0 Å². The van der Waals surface area contributed by atoms with E-state index >= 15 is 0 Å². The fourth-order valence-electron chi connectivity index (χ4n) is 2.18. The highest BCUT2D eigenvalue weighted by Crippen LogP contribution is 2.31. The molecule has 0 fully saturated rings. The Balaban J connectivity index is 2.77. The maximum Gasteiger partial charge on any atom is 0.170 e. The van der Waals surface area contributed by atoms with Gasteiger partial charge in [-0.3, -0.25) is 9.69 Å². The van der Waals surface area contributed by atoms with Crippen molar-refractivity contribution in [2.24, 2.45) is 5.92 Å². The summed E-state index contributed by atoms with van der Waals surface area (Å²) < 4.78 is 0. The van der Waals surface area contributed by atoms with Crippen LogP contribution in [0.2, 0.25) is 0 Å². The second kappa shape index (κ2) is 7.97. The molecular formula is C18H25NO2. The standard InChI is InChI=1S/C18H25NO2/c1-15(2)18(21,16-11-7-5-8-12-16)17(20)13-9-6-10-14-19(3)4/h5,7-8,11-12,15,21H,9,13-14H2,1-4H3. The SMILES string of the molecule is CC(C)C(O)(C(=O)CCC#CCN(C)C)c1ccccc1. The van der Waals surface area contributed by atoms with Crippen LogP contribution in [-0.4, -0.2) is 36.4 Å². The summed E-state index contributed by atoms with van der Waals surface area (Å²) in [5.74, 6) is 5.65. The van der Waals surface area contributed by atoms with Crippen LogP contribution in [0.3, 0.4) is 0 Å². The lowest BCUT2D eigenvalue weighted by Gasteiger charge is -2.31. The lowest BCUT2D eigenvalue weighted by molar-refractivity contribution is -0.143. The van der Waals surface area contributed by atoms with Gasteiger partial charge < -0.3 is 5.11 Å². The molecule has 1 N–H and O–H groups in total. The molecule has 0 spiro atoms. The van der Waals surface area contributed by atoms with Gasteiger partial charge in [0.25, 0.3) is 0 Å². The van der Waals surface area contributed by atoms with Crippen molar-refractivity contribution in [1.82, 2.24) is 4.90 Å². The summed E-state index contributed by atoms with van der Waals surface area (Å²) in [6.45, 7) is 4.41. The van der Waals surface area contributed by atoms with Gasteiger partial charge in [0.15, 0.2) is 5.78 Å². The Morgan fingerprint density at radius 2 is 1.86 bits per heavy atom. The van der Waals surface area contributed by atoms with Gasteiger partial charge in [-0.2, -0.15) is 0 Å². The van der Waals surface area contributed by atoms with Crippen molar-refractivity contribution in [3.63, 3.8) is 0 Å². The summed E-state index contributed by atoms with van der Waals surface area (Å²) in [4.78, 5) is 14.5. The van der Waals surface area contributed by atoms with Crippen LogP contribution >= 0.6 is 0 Å². The Kier molecular flexibility index (Phi) is 6.61. The summed E-state index contributed by atoms with van der Waals surface area (Å²) in [7, 11) is 3.90. The molecule has 0 heterocycles. The zero-order valence-corrected chi connectivity index (χ0v) is 13.4. The van der Waals surface area contributed by atoms with Crippen LogP contribution in [0.15, 0.2) is 30.3 Å². The van der Waals surface area contributed by atoms with Gasteiger partial charge in [-0.15, -0.1) is 5.92 Å². The molecule has 1 rings (SSSR count). The Morgan fingerprint density at radius 3 is 2.38 bits per heavy atom. The molecule has 1 unspecified atom stereocenters. The van der Waals surface area contributed by atoms with Gasteiger partial charge in [-0.1, -0.05) is 50.1 Å². The van der Waals surface area contributed by atoms with Crippen molar-refractivity contribution in [2.45, 2.75) is 32.3 Å². The van der Waals surface area contributed by atoms with E-state index in [1.165, 1.54) is 0 Å². The van der Waals surface area contributed by atoms with E-state index < -0.39 is 5.60 Å². The largest absolute Gasteiger partial charge is 0.377 e. The summed E-state index contributed by atoms with van der Waals surface area (Å²) in [6, 6.07) is 9.16. The third-order valence-corrected chi connectivity index (χ3v) is 3.47. The van der Waals surface area contributed by atoms with Crippen molar-refractivity contribution in [2.75, 3.05) is 20.6 Å². The highest BCUT2D eigenvalue weighted by Gasteiger charge is 2.39. The molecule has 0 saturated carbocycles. The minimum absolute atomic E-state index is 0.164. The van der Waals surface area contributed by atoms with Crippen LogP contribution in [-0.2, 0) is 10.4 Å². The highest BCUT2D eigenvalue weighted by atomic mass is 16.3. The van der Waals surface area contributed by atoms with E-state index in [4.69, 9.17) is 0 Å². The van der Waals surface area contributed by atoms with Gasteiger partial charge in [-0.25, -0.2) is 0 Å². The van der Waals surface area contributed by atoms with E-state index in [2.05, 4.69) is 11.8 Å². The molecule has 0 aliphatic heterocycles. The molecule has 0 amide bonds. The number of carbonyl (C=O) groups excluding carboxylic acids is 1. The van der Waals surface area contributed by atoms with E-state index in [9.17, 15) is 9.90 Å². The lowest BCUT2D eigenvalue weighted by Crippen LogP contribution is -2.40. The Morgan fingerprint density at radius 1 is 1.24 bits per heavy atom. The van der Waals surface area contributed by atoms with Crippen LogP contribution in [0.25, 0.3) is 0 Å². The molecule has 21 heavy (non-hydrogen) atoms. The number of carbonyl (C=O) groups is 1. The monoisotopic (exact) mass is 287 g/mol. The third kappa shape index (κ3) is 4.70. The fourth-order valence-corrected chi connectivity index (χ4v) is 2.18. The number of Topliss-reactive ketones (excluding diaryl/α,β-unsaturated/α-hetero) is 1. The van der Waals surface area contributed by atoms with E-state index in [1.54, 1.807) is 12.1 Å². The minimum atomic E-state index is -1.43. The van der Waals surface area contributed by atoms with Crippen molar-refractivity contribution < 1.29 is 9.90 Å². The Hall–Kier alpha value is -1.63. The van der Waals surface area contributed by atoms with Gasteiger partial charge >= 0.3 is 0 Å². The van der Waals surface area contributed by atoms with Crippen molar-refractivity contribution >= 4 is 5.78 Å². The molecule has 0 aromatic heterocycles. The van der Waals surface area contributed by atoms with Crippen molar-refractivity contribution in [3.8, 4) is 11.8 Å². The quantitative estimate of drug-likeness (QED) is 0.817. The predicted octanol–water partition coefficient (Wildman–Crippen LogP) is 2.44. The van der Waals surface area contributed by atoms with E-state index in [0.29, 0.717) is 18.5 Å². The summed E-state index contributed by atoms with van der Waals surface area (Å²) >= 11 is 0. The molecule has 1 aromatic rings. The van der Waals surface area contributed by atoms with Gasteiger partial charge in [0, 0.05) is 12.8 Å². The topological polar surface area (TPSA) is 40.5 Å². The highest BCUT2D eigenvalue weighted by molar-refractivity contribution is 5.88. The number of hydrogen-bond donors (Lipinski definition) is 1. The third-order valence-electron chi connectivity index (χ3n) is 3.47. The molecule has 0 radical (unpaired) electrons. The molecule has 0 saturated heterocycles. The van der Waals surface area contributed by atoms with Gasteiger partial charge in [0.1, 0.15) is 5.60 Å². The maximum atomic E-state index is 12.5. The van der Waals surface area contributed by atoms with Crippen molar-refractivity contribution in [1.29, 1.82) is 0 Å². The van der Waals surface area contributed by atoms with Gasteiger partial charge in [0.05, 0.1) is 6.54 Å². The smallest absolute Gasteiger partial charge is 0.170 e. The maximum absolute atomic E-state index is 12.5. The van der Waals surface area contributed by atoms with Gasteiger partial charge in [-0.05, 0) is 25.6 Å². The first kappa shape index (κ1) is 17.4. The summed E-state index contributed by atoms with van der Waals surface area (Å²) in [5, 5.41) is 10.9. The minimum Gasteiger partial charge on any atom is -0.377 e. The van der Waals surface area contributed by atoms with E-state index in [1.807, 2.05) is 51.0 Å². The molecule has 3 nitrogen and oxygen atoms in total. The first-order valence-corrected chi connectivity index (χ1v) is 7.30. The summed E-state index contributed by atoms with van der Waals surface area (Å²) in [6.07, 6.45) is 0.749. The molecule has 0 aliphatic rings. The average molecular weight is 287 g/mol. The van der Waals surface area contributed by atoms with Crippen LogP contribution in [0.5, 0.6) is 0 Å². The number of hydrogen-bond acceptors (Lipinski definition) is 3. The number of ketones is 1. The normalized spacial score (nSPS) is 13.7. The number of benzene rings is 1. The fraction of sp³-hybridized carbons (Fsp3) is 0.500. The zero-order valence-electron chi connectivity index (χ0n) is 13.4. The van der Waals surface area contributed by atoms with Gasteiger partial charge in [0.2, 0.25) is 0 Å².